The van der Waals surface area contributed by atoms with Gasteiger partial charge in [0, 0.05) is 11.4 Å². The average Bonchev–Trinajstić information content (AvgIpc) is 3.01. The van der Waals surface area contributed by atoms with Gasteiger partial charge in [-0.3, -0.25) is 9.59 Å². The monoisotopic (exact) mass is 370 g/mol. The number of nitrogens with zero attached hydrogens (tertiary/aromatic N) is 1. The molecule has 0 aliphatic rings. The van der Waals surface area contributed by atoms with Crippen LogP contribution in [-0.2, 0) is 16.0 Å². The SMILES string of the molecule is CCN(CC(=O)Nc1c(Cl)cccc1Cl)C(=O)Cc1cccs1. The molecule has 0 fully saturated rings. The summed E-state index contributed by atoms with van der Waals surface area (Å²) < 4.78 is 0. The third kappa shape index (κ3) is 4.96. The first-order valence-electron chi connectivity index (χ1n) is 7.05. The minimum Gasteiger partial charge on any atom is -0.333 e. The van der Waals surface area contributed by atoms with Crippen molar-refractivity contribution in [3.8, 4) is 0 Å². The standard InChI is InChI=1S/C16H16Cl2N2O2S/c1-2-20(15(22)9-11-5-4-8-23-11)10-14(21)19-16-12(17)6-3-7-13(16)18/h3-8H,2,9-10H2,1H3,(H,19,21). The van der Waals surface area contributed by atoms with Gasteiger partial charge in [-0.2, -0.15) is 0 Å². The minimum absolute atomic E-state index is 0.0394. The van der Waals surface area contributed by atoms with Crippen molar-refractivity contribution < 1.29 is 9.59 Å². The molecule has 0 saturated heterocycles. The molecular formula is C16H16Cl2N2O2S. The van der Waals surface area contributed by atoms with Gasteiger partial charge in [0.25, 0.3) is 0 Å². The minimum atomic E-state index is -0.332. The number of rotatable bonds is 6. The summed E-state index contributed by atoms with van der Waals surface area (Å²) in [4.78, 5) is 26.9. The van der Waals surface area contributed by atoms with Crippen molar-refractivity contribution in [1.82, 2.24) is 4.90 Å². The highest BCUT2D eigenvalue weighted by Gasteiger charge is 2.17. The van der Waals surface area contributed by atoms with Crippen LogP contribution in [-0.4, -0.2) is 29.8 Å². The second-order valence-corrected chi connectivity index (χ2v) is 6.66. The molecule has 0 bridgehead atoms. The van der Waals surface area contributed by atoms with E-state index in [4.69, 9.17) is 23.2 Å². The number of thiophene rings is 1. The van der Waals surface area contributed by atoms with Crippen LogP contribution in [0.4, 0.5) is 5.69 Å². The van der Waals surface area contributed by atoms with Gasteiger partial charge in [-0.1, -0.05) is 35.3 Å². The lowest BCUT2D eigenvalue weighted by atomic mass is 10.3. The maximum atomic E-state index is 12.3. The van der Waals surface area contributed by atoms with Crippen LogP contribution in [0.5, 0.6) is 0 Å². The number of hydrogen-bond acceptors (Lipinski definition) is 3. The van der Waals surface area contributed by atoms with Crippen molar-refractivity contribution in [2.24, 2.45) is 0 Å². The van der Waals surface area contributed by atoms with Crippen LogP contribution in [0.2, 0.25) is 10.0 Å². The molecule has 4 nitrogen and oxygen atoms in total. The second-order valence-electron chi connectivity index (χ2n) is 4.81. The number of para-hydroxylation sites is 1. The Balaban J connectivity index is 1.98. The van der Waals surface area contributed by atoms with E-state index in [9.17, 15) is 9.59 Å². The van der Waals surface area contributed by atoms with Gasteiger partial charge < -0.3 is 10.2 Å². The number of likely N-dealkylation sites (N-methyl/N-ethyl adjacent to an activating group) is 1. The Morgan fingerprint density at radius 1 is 1.17 bits per heavy atom. The molecule has 0 radical (unpaired) electrons. The molecule has 7 heteroatoms. The zero-order valence-electron chi connectivity index (χ0n) is 12.5. The molecule has 0 aliphatic carbocycles. The normalized spacial score (nSPS) is 10.4. The number of amides is 2. The molecule has 0 unspecified atom stereocenters. The van der Waals surface area contributed by atoms with E-state index in [1.54, 1.807) is 18.2 Å². The first-order valence-corrected chi connectivity index (χ1v) is 8.68. The Kier molecular flexibility index (Phi) is 6.45. The highest BCUT2D eigenvalue weighted by atomic mass is 35.5. The molecule has 2 aromatic rings. The maximum Gasteiger partial charge on any atom is 0.244 e. The highest BCUT2D eigenvalue weighted by molar-refractivity contribution is 7.10. The zero-order valence-corrected chi connectivity index (χ0v) is 14.8. The predicted molar refractivity (Wildman–Crippen MR) is 95.4 cm³/mol. The molecule has 23 heavy (non-hydrogen) atoms. The van der Waals surface area contributed by atoms with Crippen LogP contribution in [0.3, 0.4) is 0 Å². The Labute approximate surface area is 149 Å². The zero-order chi connectivity index (χ0) is 16.8. The van der Waals surface area contributed by atoms with Crippen LogP contribution in [0.15, 0.2) is 35.7 Å². The number of nitrogens with one attached hydrogen (secondary N) is 1. The summed E-state index contributed by atoms with van der Waals surface area (Å²) in [5.74, 6) is -0.420. The van der Waals surface area contributed by atoms with Gasteiger partial charge in [-0.05, 0) is 30.5 Å². The molecule has 2 rings (SSSR count). The van der Waals surface area contributed by atoms with Crippen LogP contribution in [0.25, 0.3) is 0 Å². The van der Waals surface area contributed by atoms with E-state index >= 15 is 0 Å². The summed E-state index contributed by atoms with van der Waals surface area (Å²) in [6.45, 7) is 2.25. The number of anilines is 1. The van der Waals surface area contributed by atoms with Crippen molar-refractivity contribution in [1.29, 1.82) is 0 Å². The Bertz CT molecular complexity index is 669. The molecule has 1 N–H and O–H groups in total. The number of hydrogen-bond donors (Lipinski definition) is 1. The van der Waals surface area contributed by atoms with Gasteiger partial charge >= 0.3 is 0 Å². The van der Waals surface area contributed by atoms with E-state index in [1.807, 2.05) is 24.4 Å². The summed E-state index contributed by atoms with van der Waals surface area (Å²) in [5.41, 5.74) is 0.364. The summed E-state index contributed by atoms with van der Waals surface area (Å²) >= 11 is 13.6. The summed E-state index contributed by atoms with van der Waals surface area (Å²) in [7, 11) is 0. The fraction of sp³-hybridized carbons (Fsp3) is 0.250. The van der Waals surface area contributed by atoms with Gasteiger partial charge in [0.2, 0.25) is 11.8 Å². The van der Waals surface area contributed by atoms with Crippen LogP contribution in [0.1, 0.15) is 11.8 Å². The number of halogens is 2. The van der Waals surface area contributed by atoms with Gasteiger partial charge in [0.1, 0.15) is 0 Å². The number of benzene rings is 1. The van der Waals surface area contributed by atoms with Gasteiger partial charge in [0.05, 0.1) is 28.7 Å². The van der Waals surface area contributed by atoms with Gasteiger partial charge in [-0.25, -0.2) is 0 Å². The first-order chi connectivity index (χ1) is 11.0. The van der Waals surface area contributed by atoms with Crippen molar-refractivity contribution in [2.45, 2.75) is 13.3 Å². The molecule has 0 saturated carbocycles. The number of carbonyl (C=O) groups excluding carboxylic acids is 2. The largest absolute Gasteiger partial charge is 0.333 e. The lowest BCUT2D eigenvalue weighted by Gasteiger charge is -2.20. The van der Waals surface area contributed by atoms with Crippen molar-refractivity contribution in [3.63, 3.8) is 0 Å². The van der Waals surface area contributed by atoms with Crippen molar-refractivity contribution >= 4 is 52.0 Å². The Morgan fingerprint density at radius 2 is 1.87 bits per heavy atom. The Morgan fingerprint density at radius 3 is 2.43 bits per heavy atom. The fourth-order valence-corrected chi connectivity index (χ4v) is 3.21. The second kappa shape index (κ2) is 8.34. The fourth-order valence-electron chi connectivity index (χ4n) is 2.02. The first kappa shape index (κ1) is 17.8. The smallest absolute Gasteiger partial charge is 0.244 e. The molecule has 1 aromatic heterocycles. The van der Waals surface area contributed by atoms with Gasteiger partial charge in [0.15, 0.2) is 0 Å². The molecule has 1 heterocycles. The third-order valence-corrected chi connectivity index (χ3v) is 4.71. The quantitative estimate of drug-likeness (QED) is 0.832. The molecule has 0 atom stereocenters. The molecule has 0 aliphatic heterocycles. The van der Waals surface area contributed by atoms with Crippen molar-refractivity contribution in [2.75, 3.05) is 18.4 Å². The molecule has 2 amide bonds. The predicted octanol–water partition coefficient (Wildman–Crippen LogP) is 4.08. The van der Waals surface area contributed by atoms with Crippen molar-refractivity contribution in [3.05, 3.63) is 50.6 Å². The van der Waals surface area contributed by atoms with E-state index in [2.05, 4.69) is 5.32 Å². The summed E-state index contributed by atoms with van der Waals surface area (Å²) in [6.07, 6.45) is 0.297. The highest BCUT2D eigenvalue weighted by Crippen LogP contribution is 2.29. The van der Waals surface area contributed by atoms with Crippen LogP contribution in [0, 0.1) is 0 Å². The van der Waals surface area contributed by atoms with E-state index in [0.29, 0.717) is 28.7 Å². The summed E-state index contributed by atoms with van der Waals surface area (Å²) in [6, 6.07) is 8.78. The van der Waals surface area contributed by atoms with Crippen LogP contribution < -0.4 is 5.32 Å². The van der Waals surface area contributed by atoms with E-state index in [1.165, 1.54) is 16.2 Å². The van der Waals surface area contributed by atoms with E-state index < -0.39 is 0 Å². The van der Waals surface area contributed by atoms with Gasteiger partial charge in [-0.15, -0.1) is 11.3 Å². The lowest BCUT2D eigenvalue weighted by Crippen LogP contribution is -2.38. The van der Waals surface area contributed by atoms with Crippen LogP contribution >= 0.6 is 34.5 Å². The summed E-state index contributed by atoms with van der Waals surface area (Å²) in [5, 5.41) is 5.30. The topological polar surface area (TPSA) is 49.4 Å². The molecular weight excluding hydrogens is 355 g/mol. The number of carbonyl (C=O) groups is 2. The third-order valence-electron chi connectivity index (χ3n) is 3.20. The Hall–Kier alpha value is -1.56. The molecule has 1 aromatic carbocycles. The van der Waals surface area contributed by atoms with E-state index in [0.717, 1.165) is 4.88 Å². The molecule has 122 valence electrons. The lowest BCUT2D eigenvalue weighted by molar-refractivity contribution is -0.133. The average molecular weight is 371 g/mol. The van der Waals surface area contributed by atoms with E-state index in [-0.39, 0.29) is 18.4 Å². The molecule has 0 spiro atoms. The maximum absolute atomic E-state index is 12.3.